The van der Waals surface area contributed by atoms with Crippen molar-refractivity contribution in [1.82, 2.24) is 0 Å². The summed E-state index contributed by atoms with van der Waals surface area (Å²) in [4.78, 5) is 23.9. The average Bonchev–Trinajstić information content (AvgIpc) is 2.54. The highest BCUT2D eigenvalue weighted by Gasteiger charge is 2.43. The topological polar surface area (TPSA) is 63.6 Å². The van der Waals surface area contributed by atoms with Crippen molar-refractivity contribution in [2.75, 3.05) is 7.11 Å². The molecule has 114 valence electrons. The van der Waals surface area contributed by atoms with E-state index in [0.717, 1.165) is 5.56 Å². The van der Waals surface area contributed by atoms with Gasteiger partial charge in [0.1, 0.15) is 5.41 Å². The van der Waals surface area contributed by atoms with Crippen molar-refractivity contribution in [2.24, 2.45) is 0 Å². The summed E-state index contributed by atoms with van der Waals surface area (Å²) in [5.74, 6) is -1.57. The Morgan fingerprint density at radius 3 is 2.05 bits per heavy atom. The Kier molecular flexibility index (Phi) is 4.94. The van der Waals surface area contributed by atoms with Crippen molar-refractivity contribution in [3.8, 4) is 0 Å². The number of methoxy groups -OCH3 is 1. The van der Waals surface area contributed by atoms with Crippen LogP contribution >= 0.6 is 0 Å². The normalized spacial score (nSPS) is 13.1. The van der Waals surface area contributed by atoms with Crippen LogP contribution in [-0.2, 0) is 26.2 Å². The van der Waals surface area contributed by atoms with Crippen molar-refractivity contribution < 1.29 is 19.4 Å². The zero-order valence-electron chi connectivity index (χ0n) is 12.4. The summed E-state index contributed by atoms with van der Waals surface area (Å²) in [6, 6.07) is 18.3. The highest BCUT2D eigenvalue weighted by Crippen LogP contribution is 2.33. The van der Waals surface area contributed by atoms with Crippen LogP contribution in [0.1, 0.15) is 17.5 Å². The molecule has 0 radical (unpaired) electrons. The molecular weight excluding hydrogens is 280 g/mol. The molecule has 4 heteroatoms. The average molecular weight is 298 g/mol. The largest absolute Gasteiger partial charge is 0.481 e. The smallest absolute Gasteiger partial charge is 0.317 e. The highest BCUT2D eigenvalue weighted by molar-refractivity contribution is 5.88. The maximum Gasteiger partial charge on any atom is 0.317 e. The Morgan fingerprint density at radius 2 is 1.55 bits per heavy atom. The van der Waals surface area contributed by atoms with E-state index in [1.807, 2.05) is 36.4 Å². The van der Waals surface area contributed by atoms with Gasteiger partial charge in [0.05, 0.1) is 13.5 Å². The summed E-state index contributed by atoms with van der Waals surface area (Å²) < 4.78 is 4.94. The molecule has 0 aliphatic carbocycles. The molecule has 1 N–H and O–H groups in total. The van der Waals surface area contributed by atoms with E-state index in [2.05, 4.69) is 0 Å². The third-order valence-corrected chi connectivity index (χ3v) is 3.70. The summed E-state index contributed by atoms with van der Waals surface area (Å²) in [6.07, 6.45) is -0.0462. The predicted molar refractivity (Wildman–Crippen MR) is 82.5 cm³/mol. The predicted octanol–water partition coefficient (Wildman–Crippen LogP) is 2.81. The van der Waals surface area contributed by atoms with E-state index >= 15 is 0 Å². The van der Waals surface area contributed by atoms with Gasteiger partial charge in [-0.3, -0.25) is 9.59 Å². The number of aliphatic carboxylic acids is 1. The monoisotopic (exact) mass is 298 g/mol. The van der Waals surface area contributed by atoms with Crippen molar-refractivity contribution in [3.63, 3.8) is 0 Å². The van der Waals surface area contributed by atoms with Gasteiger partial charge in [-0.1, -0.05) is 60.7 Å². The molecule has 0 spiro atoms. The van der Waals surface area contributed by atoms with Gasteiger partial charge in [0, 0.05) is 0 Å². The minimum atomic E-state index is -1.23. The van der Waals surface area contributed by atoms with Crippen LogP contribution in [0.5, 0.6) is 0 Å². The van der Waals surface area contributed by atoms with Crippen LogP contribution < -0.4 is 0 Å². The molecule has 22 heavy (non-hydrogen) atoms. The van der Waals surface area contributed by atoms with Gasteiger partial charge in [-0.05, 0) is 17.5 Å². The lowest BCUT2D eigenvalue weighted by Crippen LogP contribution is -2.41. The van der Waals surface area contributed by atoms with Crippen LogP contribution in [0, 0.1) is 0 Å². The number of carbonyl (C=O) groups excluding carboxylic acids is 1. The number of ether oxygens (including phenoxy) is 1. The molecule has 0 saturated heterocycles. The maximum absolute atomic E-state index is 12.5. The van der Waals surface area contributed by atoms with Gasteiger partial charge in [-0.25, -0.2) is 0 Å². The van der Waals surface area contributed by atoms with E-state index in [0.29, 0.717) is 5.56 Å². The second kappa shape index (κ2) is 6.89. The summed E-state index contributed by atoms with van der Waals surface area (Å²) in [6.45, 7) is 0. The molecule has 0 aliphatic rings. The lowest BCUT2D eigenvalue weighted by atomic mass is 9.73. The molecule has 2 aromatic carbocycles. The Balaban J connectivity index is 2.54. The fraction of sp³-hybridized carbons (Fsp3) is 0.222. The van der Waals surface area contributed by atoms with Crippen molar-refractivity contribution in [3.05, 3.63) is 71.8 Å². The van der Waals surface area contributed by atoms with Gasteiger partial charge in [-0.2, -0.15) is 0 Å². The fourth-order valence-corrected chi connectivity index (χ4v) is 2.68. The zero-order chi connectivity index (χ0) is 16.0. The second-order valence-electron chi connectivity index (χ2n) is 5.17. The number of hydrogen-bond donors (Lipinski definition) is 1. The first-order chi connectivity index (χ1) is 10.6. The summed E-state index contributed by atoms with van der Waals surface area (Å²) in [5, 5.41) is 9.33. The second-order valence-corrected chi connectivity index (χ2v) is 5.17. The number of hydrogen-bond acceptors (Lipinski definition) is 3. The van der Waals surface area contributed by atoms with Crippen molar-refractivity contribution in [2.45, 2.75) is 18.3 Å². The summed E-state index contributed by atoms with van der Waals surface area (Å²) in [5.41, 5.74) is 0.300. The molecule has 1 unspecified atom stereocenters. The van der Waals surface area contributed by atoms with Crippen LogP contribution in [0.2, 0.25) is 0 Å². The molecule has 0 amide bonds. The first kappa shape index (κ1) is 15.8. The van der Waals surface area contributed by atoms with Gasteiger partial charge in [0.15, 0.2) is 0 Å². The van der Waals surface area contributed by atoms with Gasteiger partial charge in [0.2, 0.25) is 0 Å². The number of benzene rings is 2. The highest BCUT2D eigenvalue weighted by atomic mass is 16.5. The molecule has 4 nitrogen and oxygen atoms in total. The molecule has 0 fully saturated rings. The van der Waals surface area contributed by atoms with E-state index in [1.165, 1.54) is 7.11 Å². The molecule has 0 bridgehead atoms. The quantitative estimate of drug-likeness (QED) is 0.833. The number of carboxylic acids is 1. The minimum absolute atomic E-state index is 0.275. The molecule has 0 heterocycles. The number of esters is 1. The van der Waals surface area contributed by atoms with E-state index in [9.17, 15) is 14.7 Å². The Bertz CT molecular complexity index is 637. The molecule has 1 atom stereocenters. The lowest BCUT2D eigenvalue weighted by molar-refractivity contribution is -0.153. The Labute approximate surface area is 129 Å². The Hall–Kier alpha value is -2.62. The van der Waals surface area contributed by atoms with Gasteiger partial charge < -0.3 is 9.84 Å². The molecular formula is C18H18O4. The van der Waals surface area contributed by atoms with Crippen LogP contribution in [0.4, 0.5) is 0 Å². The van der Waals surface area contributed by atoms with E-state index < -0.39 is 17.4 Å². The van der Waals surface area contributed by atoms with E-state index in [1.54, 1.807) is 24.3 Å². The van der Waals surface area contributed by atoms with Gasteiger partial charge in [0.25, 0.3) is 0 Å². The maximum atomic E-state index is 12.5. The molecule has 0 saturated carbocycles. The van der Waals surface area contributed by atoms with Gasteiger partial charge >= 0.3 is 11.9 Å². The first-order valence-corrected chi connectivity index (χ1v) is 6.98. The Morgan fingerprint density at radius 1 is 1.00 bits per heavy atom. The SMILES string of the molecule is COC(=O)C(CC(=O)O)(Cc1ccccc1)c1ccccc1. The third kappa shape index (κ3) is 3.34. The minimum Gasteiger partial charge on any atom is -0.481 e. The third-order valence-electron chi connectivity index (χ3n) is 3.70. The molecule has 2 aromatic rings. The van der Waals surface area contributed by atoms with Gasteiger partial charge in [-0.15, -0.1) is 0 Å². The van der Waals surface area contributed by atoms with Crippen LogP contribution in [-0.4, -0.2) is 24.2 Å². The van der Waals surface area contributed by atoms with Crippen LogP contribution in [0.15, 0.2) is 60.7 Å². The van der Waals surface area contributed by atoms with E-state index in [4.69, 9.17) is 4.74 Å². The van der Waals surface area contributed by atoms with Crippen molar-refractivity contribution >= 4 is 11.9 Å². The summed E-state index contributed by atoms with van der Waals surface area (Å²) >= 11 is 0. The standard InChI is InChI=1S/C18H18O4/c1-22-17(21)18(13-16(19)20,15-10-6-3-7-11-15)12-14-8-4-2-5-9-14/h2-11H,12-13H2,1H3,(H,19,20). The number of rotatable bonds is 6. The van der Waals surface area contributed by atoms with E-state index in [-0.39, 0.29) is 12.8 Å². The number of carbonyl (C=O) groups is 2. The molecule has 2 rings (SSSR count). The molecule has 0 aliphatic heterocycles. The molecule has 0 aromatic heterocycles. The zero-order valence-corrected chi connectivity index (χ0v) is 12.4. The summed E-state index contributed by atoms with van der Waals surface area (Å²) in [7, 11) is 1.28. The lowest BCUT2D eigenvalue weighted by Gasteiger charge is -2.30. The van der Waals surface area contributed by atoms with Crippen molar-refractivity contribution in [1.29, 1.82) is 0 Å². The fourth-order valence-electron chi connectivity index (χ4n) is 2.68. The van der Waals surface area contributed by atoms with Crippen LogP contribution in [0.25, 0.3) is 0 Å². The number of carboxylic acid groups (broad SMARTS) is 1. The first-order valence-electron chi connectivity index (χ1n) is 6.98. The van der Waals surface area contributed by atoms with Crippen LogP contribution in [0.3, 0.4) is 0 Å².